The first-order valence-corrected chi connectivity index (χ1v) is 9.52. The number of hydrogen-bond donors (Lipinski definition) is 1. The lowest BCUT2D eigenvalue weighted by Gasteiger charge is -2.30. The molecule has 112 valence electrons. The lowest BCUT2D eigenvalue weighted by molar-refractivity contribution is 0.838. The van der Waals surface area contributed by atoms with Crippen molar-refractivity contribution in [2.24, 2.45) is 0 Å². The third-order valence-electron chi connectivity index (χ3n) is 3.55. The minimum absolute atomic E-state index is 0.430. The molecule has 3 atom stereocenters. The van der Waals surface area contributed by atoms with E-state index < -0.39 is 0 Å². The van der Waals surface area contributed by atoms with E-state index in [0.29, 0.717) is 10.5 Å². The summed E-state index contributed by atoms with van der Waals surface area (Å²) in [6.45, 7) is 9.93. The third kappa shape index (κ3) is 4.04. The summed E-state index contributed by atoms with van der Waals surface area (Å²) in [6, 6.07) is 2.09. The van der Waals surface area contributed by atoms with Crippen LogP contribution in [0.4, 0.5) is 5.82 Å². The Balaban J connectivity index is 2.17. The van der Waals surface area contributed by atoms with Gasteiger partial charge in [-0.05, 0) is 12.8 Å². The molecule has 2 rings (SSSR count). The SMILES string of the molecule is CCCNc1cc(CC)nc(C2CSC(C)C(C)S2)n1. The number of nitrogens with zero attached hydrogens (tertiary/aromatic N) is 2. The van der Waals surface area contributed by atoms with Crippen molar-refractivity contribution in [1.82, 2.24) is 9.97 Å². The molecule has 1 fully saturated rings. The quantitative estimate of drug-likeness (QED) is 0.884. The predicted octanol–water partition coefficient (Wildman–Crippen LogP) is 4.16. The highest BCUT2D eigenvalue weighted by Gasteiger charge is 2.28. The maximum atomic E-state index is 4.76. The molecule has 1 aliphatic heterocycles. The fourth-order valence-electron chi connectivity index (χ4n) is 2.11. The molecule has 1 aromatic heterocycles. The zero-order valence-electron chi connectivity index (χ0n) is 12.8. The molecule has 1 N–H and O–H groups in total. The van der Waals surface area contributed by atoms with Gasteiger partial charge in [-0.2, -0.15) is 11.8 Å². The molecule has 0 aliphatic carbocycles. The minimum atomic E-state index is 0.430. The Morgan fingerprint density at radius 3 is 2.70 bits per heavy atom. The number of rotatable bonds is 5. The van der Waals surface area contributed by atoms with Gasteiger partial charge in [-0.15, -0.1) is 11.8 Å². The van der Waals surface area contributed by atoms with Crippen LogP contribution in [0.3, 0.4) is 0 Å². The Morgan fingerprint density at radius 2 is 2.05 bits per heavy atom. The number of hydrogen-bond acceptors (Lipinski definition) is 5. The first-order valence-electron chi connectivity index (χ1n) is 7.52. The van der Waals surface area contributed by atoms with E-state index in [-0.39, 0.29) is 0 Å². The second-order valence-electron chi connectivity index (χ2n) is 5.25. The van der Waals surface area contributed by atoms with E-state index in [1.54, 1.807) is 0 Å². The summed E-state index contributed by atoms with van der Waals surface area (Å²) in [5, 5.41) is 5.22. The van der Waals surface area contributed by atoms with Crippen molar-refractivity contribution in [2.45, 2.75) is 56.3 Å². The minimum Gasteiger partial charge on any atom is -0.370 e. The van der Waals surface area contributed by atoms with Crippen molar-refractivity contribution in [3.8, 4) is 0 Å². The molecule has 0 spiro atoms. The van der Waals surface area contributed by atoms with Crippen LogP contribution in [0.25, 0.3) is 0 Å². The largest absolute Gasteiger partial charge is 0.370 e. The van der Waals surface area contributed by atoms with Gasteiger partial charge < -0.3 is 5.32 Å². The van der Waals surface area contributed by atoms with E-state index in [1.807, 2.05) is 23.5 Å². The summed E-state index contributed by atoms with van der Waals surface area (Å²) < 4.78 is 0. The highest BCUT2D eigenvalue weighted by Crippen LogP contribution is 2.43. The van der Waals surface area contributed by atoms with Crippen LogP contribution >= 0.6 is 23.5 Å². The van der Waals surface area contributed by atoms with E-state index in [1.165, 1.54) is 0 Å². The number of nitrogens with one attached hydrogen (secondary N) is 1. The fourth-order valence-corrected chi connectivity index (χ4v) is 4.95. The van der Waals surface area contributed by atoms with Gasteiger partial charge >= 0.3 is 0 Å². The molecule has 0 aromatic carbocycles. The molecule has 3 nitrogen and oxygen atoms in total. The normalized spacial score (nSPS) is 26.5. The Morgan fingerprint density at radius 1 is 1.25 bits per heavy atom. The summed E-state index contributed by atoms with van der Waals surface area (Å²) in [5.74, 6) is 3.13. The highest BCUT2D eigenvalue weighted by molar-refractivity contribution is 8.07. The van der Waals surface area contributed by atoms with Gasteiger partial charge in [0.15, 0.2) is 0 Å². The summed E-state index contributed by atoms with van der Waals surface area (Å²) in [7, 11) is 0. The summed E-state index contributed by atoms with van der Waals surface area (Å²) in [6.07, 6.45) is 2.08. The zero-order chi connectivity index (χ0) is 14.5. The molecule has 0 amide bonds. The van der Waals surface area contributed by atoms with Crippen LogP contribution in [0.5, 0.6) is 0 Å². The van der Waals surface area contributed by atoms with Gasteiger partial charge in [0.1, 0.15) is 11.6 Å². The standard InChI is InChI=1S/C15H25N3S2/c1-5-7-16-14-8-12(6-2)17-15(18-14)13-9-19-10(3)11(4)20-13/h8,10-11,13H,5-7,9H2,1-4H3,(H,16,17,18). The summed E-state index contributed by atoms with van der Waals surface area (Å²) >= 11 is 4.07. The van der Waals surface area contributed by atoms with Crippen molar-refractivity contribution in [3.63, 3.8) is 0 Å². The van der Waals surface area contributed by atoms with Crippen LogP contribution in [0.1, 0.15) is 50.9 Å². The first-order chi connectivity index (χ1) is 9.63. The fraction of sp³-hybridized carbons (Fsp3) is 0.733. The van der Waals surface area contributed by atoms with Crippen LogP contribution in [0.15, 0.2) is 6.07 Å². The van der Waals surface area contributed by atoms with Crippen molar-refractivity contribution in [1.29, 1.82) is 0 Å². The summed E-state index contributed by atoms with van der Waals surface area (Å²) in [5.41, 5.74) is 1.14. The van der Waals surface area contributed by atoms with E-state index in [9.17, 15) is 0 Å². The average Bonchev–Trinajstić information content (AvgIpc) is 2.47. The Hall–Kier alpha value is -0.420. The molecular formula is C15H25N3S2. The Kier molecular flexibility index (Phi) is 6.02. The van der Waals surface area contributed by atoms with Crippen molar-refractivity contribution < 1.29 is 0 Å². The van der Waals surface area contributed by atoms with Gasteiger partial charge in [0.2, 0.25) is 0 Å². The second kappa shape index (κ2) is 7.55. The molecule has 0 radical (unpaired) electrons. The number of aromatic nitrogens is 2. The Bertz CT molecular complexity index is 439. The maximum absolute atomic E-state index is 4.76. The topological polar surface area (TPSA) is 37.8 Å². The van der Waals surface area contributed by atoms with Gasteiger partial charge in [0.05, 0.1) is 5.25 Å². The van der Waals surface area contributed by atoms with Gasteiger partial charge in [-0.25, -0.2) is 9.97 Å². The first kappa shape index (κ1) is 16.0. The van der Waals surface area contributed by atoms with Crippen LogP contribution in [0, 0.1) is 0 Å². The van der Waals surface area contributed by atoms with Crippen molar-refractivity contribution >= 4 is 29.3 Å². The molecule has 2 heterocycles. The van der Waals surface area contributed by atoms with Crippen LogP contribution in [-0.2, 0) is 6.42 Å². The second-order valence-corrected chi connectivity index (χ2v) is 8.25. The predicted molar refractivity (Wildman–Crippen MR) is 91.9 cm³/mol. The number of aryl methyl sites for hydroxylation is 1. The van der Waals surface area contributed by atoms with Crippen molar-refractivity contribution in [2.75, 3.05) is 17.6 Å². The number of anilines is 1. The summed E-state index contributed by atoms with van der Waals surface area (Å²) in [4.78, 5) is 9.50. The molecule has 3 unspecified atom stereocenters. The van der Waals surface area contributed by atoms with Crippen LogP contribution < -0.4 is 5.32 Å². The van der Waals surface area contributed by atoms with E-state index in [2.05, 4.69) is 39.1 Å². The molecule has 20 heavy (non-hydrogen) atoms. The molecule has 1 saturated heterocycles. The van der Waals surface area contributed by atoms with Crippen LogP contribution in [-0.4, -0.2) is 32.8 Å². The van der Waals surface area contributed by atoms with Gasteiger partial charge in [-0.1, -0.05) is 27.7 Å². The van der Waals surface area contributed by atoms with Crippen LogP contribution in [0.2, 0.25) is 0 Å². The highest BCUT2D eigenvalue weighted by atomic mass is 32.2. The smallest absolute Gasteiger partial charge is 0.144 e. The van der Waals surface area contributed by atoms with Crippen molar-refractivity contribution in [3.05, 3.63) is 17.6 Å². The molecule has 1 aromatic rings. The molecule has 0 saturated carbocycles. The Labute approximate surface area is 131 Å². The number of thioether (sulfide) groups is 2. The lowest BCUT2D eigenvalue weighted by Crippen LogP contribution is -2.23. The van der Waals surface area contributed by atoms with Gasteiger partial charge in [0, 0.05) is 34.6 Å². The molecule has 0 bridgehead atoms. The van der Waals surface area contributed by atoms with E-state index in [0.717, 1.165) is 47.7 Å². The van der Waals surface area contributed by atoms with Gasteiger partial charge in [0.25, 0.3) is 0 Å². The average molecular weight is 312 g/mol. The molecule has 5 heteroatoms. The zero-order valence-corrected chi connectivity index (χ0v) is 14.5. The molecule has 1 aliphatic rings. The van der Waals surface area contributed by atoms with E-state index in [4.69, 9.17) is 9.97 Å². The molecular weight excluding hydrogens is 286 g/mol. The monoisotopic (exact) mass is 311 g/mol. The lowest BCUT2D eigenvalue weighted by atomic mass is 10.3. The van der Waals surface area contributed by atoms with Gasteiger partial charge in [-0.3, -0.25) is 0 Å². The maximum Gasteiger partial charge on any atom is 0.144 e. The third-order valence-corrected chi connectivity index (χ3v) is 6.94. The van der Waals surface area contributed by atoms with E-state index >= 15 is 0 Å².